The standard InChI is InChI=1S/C15H20N2O/c1-4-5-11-8-14(16)13-9-12(18-10(2)3)6-7-15(13)17-11/h6-10H,4-5H2,1-3H3,(H2,16,17). The van der Waals surface area contributed by atoms with Gasteiger partial charge in [-0.15, -0.1) is 0 Å². The lowest BCUT2D eigenvalue weighted by molar-refractivity contribution is 0.243. The summed E-state index contributed by atoms with van der Waals surface area (Å²) in [4.78, 5) is 4.61. The fourth-order valence-corrected chi connectivity index (χ4v) is 2.02. The van der Waals surface area contributed by atoms with Gasteiger partial charge in [0.25, 0.3) is 0 Å². The van der Waals surface area contributed by atoms with Crippen molar-refractivity contribution in [3.63, 3.8) is 0 Å². The lowest BCUT2D eigenvalue weighted by Gasteiger charge is -2.11. The average Bonchev–Trinajstić information content (AvgIpc) is 2.30. The Morgan fingerprint density at radius 2 is 2.06 bits per heavy atom. The molecule has 0 aliphatic carbocycles. The van der Waals surface area contributed by atoms with Crippen molar-refractivity contribution < 1.29 is 4.74 Å². The van der Waals surface area contributed by atoms with Crippen LogP contribution >= 0.6 is 0 Å². The minimum absolute atomic E-state index is 0.163. The number of aromatic nitrogens is 1. The normalized spacial score (nSPS) is 11.1. The Hall–Kier alpha value is -1.77. The van der Waals surface area contributed by atoms with Crippen LogP contribution in [0.5, 0.6) is 5.75 Å². The topological polar surface area (TPSA) is 48.1 Å². The highest BCUT2D eigenvalue weighted by Gasteiger charge is 2.05. The number of nitrogens with zero attached hydrogens (tertiary/aromatic N) is 1. The predicted octanol–water partition coefficient (Wildman–Crippen LogP) is 3.56. The Bertz CT molecular complexity index is 549. The van der Waals surface area contributed by atoms with E-state index in [0.717, 1.165) is 40.9 Å². The van der Waals surface area contributed by atoms with Crippen LogP contribution in [-0.4, -0.2) is 11.1 Å². The molecule has 0 amide bonds. The van der Waals surface area contributed by atoms with Crippen LogP contribution in [0.15, 0.2) is 24.3 Å². The van der Waals surface area contributed by atoms with Gasteiger partial charge >= 0.3 is 0 Å². The van der Waals surface area contributed by atoms with Gasteiger partial charge in [0.15, 0.2) is 0 Å². The zero-order chi connectivity index (χ0) is 13.1. The summed E-state index contributed by atoms with van der Waals surface area (Å²) in [6.07, 6.45) is 2.20. The van der Waals surface area contributed by atoms with Gasteiger partial charge in [0.05, 0.1) is 11.6 Å². The number of ether oxygens (including phenoxy) is 1. The molecule has 0 unspecified atom stereocenters. The molecule has 0 atom stereocenters. The summed E-state index contributed by atoms with van der Waals surface area (Å²) in [5, 5.41) is 0.966. The molecule has 3 nitrogen and oxygen atoms in total. The van der Waals surface area contributed by atoms with Crippen molar-refractivity contribution in [3.8, 4) is 5.75 Å². The largest absolute Gasteiger partial charge is 0.491 e. The van der Waals surface area contributed by atoms with E-state index in [-0.39, 0.29) is 6.10 Å². The molecule has 0 spiro atoms. The molecule has 3 heteroatoms. The van der Waals surface area contributed by atoms with Crippen LogP contribution in [-0.2, 0) is 6.42 Å². The summed E-state index contributed by atoms with van der Waals surface area (Å²) in [5.74, 6) is 0.842. The zero-order valence-electron chi connectivity index (χ0n) is 11.2. The van der Waals surface area contributed by atoms with Crippen molar-refractivity contribution in [3.05, 3.63) is 30.0 Å². The van der Waals surface area contributed by atoms with Gasteiger partial charge in [0.1, 0.15) is 5.75 Å². The number of rotatable bonds is 4. The van der Waals surface area contributed by atoms with E-state index < -0.39 is 0 Å². The quantitative estimate of drug-likeness (QED) is 0.894. The van der Waals surface area contributed by atoms with Gasteiger partial charge < -0.3 is 10.5 Å². The molecule has 1 aromatic carbocycles. The summed E-state index contributed by atoms with van der Waals surface area (Å²) in [6.45, 7) is 6.16. The van der Waals surface area contributed by atoms with Crippen molar-refractivity contribution >= 4 is 16.6 Å². The van der Waals surface area contributed by atoms with E-state index in [1.807, 2.05) is 38.1 Å². The van der Waals surface area contributed by atoms with Crippen molar-refractivity contribution in [1.29, 1.82) is 0 Å². The lowest BCUT2D eigenvalue weighted by atomic mass is 10.1. The molecule has 2 aromatic rings. The molecule has 2 rings (SSSR count). The summed E-state index contributed by atoms with van der Waals surface area (Å²) >= 11 is 0. The highest BCUT2D eigenvalue weighted by atomic mass is 16.5. The maximum atomic E-state index is 6.09. The number of hydrogen-bond acceptors (Lipinski definition) is 3. The van der Waals surface area contributed by atoms with Crippen molar-refractivity contribution in [1.82, 2.24) is 4.98 Å². The number of pyridine rings is 1. The summed E-state index contributed by atoms with van der Waals surface area (Å²) in [5.41, 5.74) is 8.86. The van der Waals surface area contributed by atoms with Crippen molar-refractivity contribution in [2.24, 2.45) is 0 Å². The van der Waals surface area contributed by atoms with E-state index in [4.69, 9.17) is 10.5 Å². The Kier molecular flexibility index (Phi) is 3.70. The van der Waals surface area contributed by atoms with Gasteiger partial charge in [-0.2, -0.15) is 0 Å². The molecule has 96 valence electrons. The van der Waals surface area contributed by atoms with Gasteiger partial charge in [0.2, 0.25) is 0 Å². The maximum Gasteiger partial charge on any atom is 0.120 e. The molecule has 0 bridgehead atoms. The monoisotopic (exact) mass is 244 g/mol. The average molecular weight is 244 g/mol. The smallest absolute Gasteiger partial charge is 0.120 e. The summed E-state index contributed by atoms with van der Waals surface area (Å²) in [7, 11) is 0. The number of benzene rings is 1. The maximum absolute atomic E-state index is 6.09. The highest BCUT2D eigenvalue weighted by Crippen LogP contribution is 2.26. The van der Waals surface area contributed by atoms with Gasteiger partial charge in [-0.05, 0) is 44.5 Å². The van der Waals surface area contributed by atoms with E-state index in [1.165, 1.54) is 0 Å². The third kappa shape index (κ3) is 2.73. The number of hydrogen-bond donors (Lipinski definition) is 1. The highest BCUT2D eigenvalue weighted by molar-refractivity contribution is 5.91. The molecule has 0 aliphatic rings. The van der Waals surface area contributed by atoms with Crippen LogP contribution in [0.2, 0.25) is 0 Å². The molecular formula is C15H20N2O. The van der Waals surface area contributed by atoms with E-state index in [1.54, 1.807) is 0 Å². The number of fused-ring (bicyclic) bond motifs is 1. The predicted molar refractivity (Wildman–Crippen MR) is 75.9 cm³/mol. The molecule has 1 heterocycles. The van der Waals surface area contributed by atoms with Crippen LogP contribution in [0.1, 0.15) is 32.9 Å². The molecule has 1 aromatic heterocycles. The fraction of sp³-hybridized carbons (Fsp3) is 0.400. The Labute approximate surface area is 108 Å². The fourth-order valence-electron chi connectivity index (χ4n) is 2.02. The minimum Gasteiger partial charge on any atom is -0.491 e. The third-order valence-electron chi connectivity index (χ3n) is 2.74. The first-order chi connectivity index (χ1) is 8.60. The third-order valence-corrected chi connectivity index (χ3v) is 2.74. The number of aryl methyl sites for hydroxylation is 1. The Morgan fingerprint density at radius 1 is 1.28 bits per heavy atom. The van der Waals surface area contributed by atoms with E-state index in [0.29, 0.717) is 0 Å². The van der Waals surface area contributed by atoms with E-state index in [2.05, 4.69) is 11.9 Å². The first kappa shape index (κ1) is 12.7. The molecule has 18 heavy (non-hydrogen) atoms. The first-order valence-corrected chi connectivity index (χ1v) is 6.46. The van der Waals surface area contributed by atoms with E-state index >= 15 is 0 Å². The Balaban J connectivity index is 2.44. The molecule has 2 N–H and O–H groups in total. The van der Waals surface area contributed by atoms with Crippen LogP contribution in [0.25, 0.3) is 10.9 Å². The molecular weight excluding hydrogens is 224 g/mol. The molecule has 0 saturated carbocycles. The first-order valence-electron chi connectivity index (χ1n) is 6.46. The summed E-state index contributed by atoms with van der Waals surface area (Å²) < 4.78 is 5.67. The number of anilines is 1. The molecule has 0 saturated heterocycles. The van der Waals surface area contributed by atoms with Gasteiger partial charge in [-0.25, -0.2) is 0 Å². The molecule has 0 radical (unpaired) electrons. The molecule has 0 aliphatic heterocycles. The SMILES string of the molecule is CCCc1cc(N)c2cc(OC(C)C)ccc2n1. The number of nitrogen functional groups attached to an aromatic ring is 1. The number of nitrogens with two attached hydrogens (primary N) is 1. The second-order valence-corrected chi connectivity index (χ2v) is 4.80. The second-order valence-electron chi connectivity index (χ2n) is 4.80. The van der Waals surface area contributed by atoms with E-state index in [9.17, 15) is 0 Å². The molecule has 0 fully saturated rings. The zero-order valence-corrected chi connectivity index (χ0v) is 11.2. The lowest BCUT2D eigenvalue weighted by Crippen LogP contribution is -2.05. The van der Waals surface area contributed by atoms with Crippen LogP contribution in [0.4, 0.5) is 5.69 Å². The second kappa shape index (κ2) is 5.25. The van der Waals surface area contributed by atoms with Crippen LogP contribution in [0, 0.1) is 0 Å². The van der Waals surface area contributed by atoms with Gasteiger partial charge in [0, 0.05) is 16.8 Å². The van der Waals surface area contributed by atoms with Crippen LogP contribution < -0.4 is 10.5 Å². The van der Waals surface area contributed by atoms with Crippen molar-refractivity contribution in [2.45, 2.75) is 39.7 Å². The Morgan fingerprint density at radius 3 is 2.72 bits per heavy atom. The minimum atomic E-state index is 0.163. The summed E-state index contributed by atoms with van der Waals surface area (Å²) in [6, 6.07) is 7.85. The van der Waals surface area contributed by atoms with Crippen LogP contribution in [0.3, 0.4) is 0 Å². The van der Waals surface area contributed by atoms with Crippen molar-refractivity contribution in [2.75, 3.05) is 5.73 Å². The van der Waals surface area contributed by atoms with Gasteiger partial charge in [-0.1, -0.05) is 13.3 Å². The van der Waals surface area contributed by atoms with Gasteiger partial charge in [-0.3, -0.25) is 4.98 Å².